The highest BCUT2D eigenvalue weighted by atomic mass is 35.5. The summed E-state index contributed by atoms with van der Waals surface area (Å²) < 4.78 is 0. The van der Waals surface area contributed by atoms with E-state index in [9.17, 15) is 0 Å². The van der Waals surface area contributed by atoms with E-state index in [1.807, 2.05) is 6.07 Å². The quantitative estimate of drug-likeness (QED) is 0.580. The lowest BCUT2D eigenvalue weighted by atomic mass is 10.3. The van der Waals surface area contributed by atoms with E-state index in [4.69, 9.17) is 11.6 Å². The first-order chi connectivity index (χ1) is 7.61. The molecule has 0 spiro atoms. The van der Waals surface area contributed by atoms with Crippen molar-refractivity contribution in [1.29, 1.82) is 0 Å². The van der Waals surface area contributed by atoms with Gasteiger partial charge in [-0.05, 0) is 20.5 Å². The van der Waals surface area contributed by atoms with Crippen LogP contribution in [0.3, 0.4) is 0 Å². The topological polar surface area (TPSA) is 29.0 Å². The zero-order valence-electron chi connectivity index (χ0n) is 10.0. The van der Waals surface area contributed by atoms with E-state index < -0.39 is 0 Å². The summed E-state index contributed by atoms with van der Waals surface area (Å²) in [7, 11) is 4.13. The SMILES string of the molecule is CCCc1nc(Cl)cc(SCCN(C)C)n1. The second kappa shape index (κ2) is 7.09. The van der Waals surface area contributed by atoms with Gasteiger partial charge in [0.05, 0.1) is 0 Å². The van der Waals surface area contributed by atoms with Gasteiger partial charge in [-0.1, -0.05) is 18.5 Å². The Labute approximate surface area is 107 Å². The van der Waals surface area contributed by atoms with Gasteiger partial charge in [0.1, 0.15) is 16.0 Å². The van der Waals surface area contributed by atoms with Crippen LogP contribution in [0.2, 0.25) is 5.15 Å². The molecule has 90 valence electrons. The van der Waals surface area contributed by atoms with Crippen molar-refractivity contribution in [2.75, 3.05) is 26.4 Å². The predicted molar refractivity (Wildman–Crippen MR) is 70.3 cm³/mol. The molecular formula is C11H18ClN3S. The summed E-state index contributed by atoms with van der Waals surface area (Å²) in [4.78, 5) is 10.8. The molecule has 0 fully saturated rings. The maximum Gasteiger partial charge on any atom is 0.133 e. The van der Waals surface area contributed by atoms with Crippen LogP contribution in [0.15, 0.2) is 11.1 Å². The molecule has 3 nitrogen and oxygen atoms in total. The Balaban J connectivity index is 2.58. The summed E-state index contributed by atoms with van der Waals surface area (Å²) >= 11 is 7.68. The van der Waals surface area contributed by atoms with E-state index in [0.29, 0.717) is 5.15 Å². The Morgan fingerprint density at radius 1 is 1.38 bits per heavy atom. The van der Waals surface area contributed by atoms with Crippen LogP contribution in [0.4, 0.5) is 0 Å². The largest absolute Gasteiger partial charge is 0.309 e. The van der Waals surface area contributed by atoms with Gasteiger partial charge in [-0.3, -0.25) is 0 Å². The first kappa shape index (κ1) is 13.7. The van der Waals surface area contributed by atoms with Gasteiger partial charge in [0, 0.05) is 24.8 Å². The number of hydrogen-bond acceptors (Lipinski definition) is 4. The van der Waals surface area contributed by atoms with E-state index in [0.717, 1.165) is 36.0 Å². The molecule has 0 saturated carbocycles. The van der Waals surface area contributed by atoms with E-state index in [1.54, 1.807) is 11.8 Å². The van der Waals surface area contributed by atoms with E-state index >= 15 is 0 Å². The summed E-state index contributed by atoms with van der Waals surface area (Å²) in [6, 6.07) is 1.83. The molecule has 0 N–H and O–H groups in total. The van der Waals surface area contributed by atoms with Crippen molar-refractivity contribution >= 4 is 23.4 Å². The zero-order valence-corrected chi connectivity index (χ0v) is 11.6. The van der Waals surface area contributed by atoms with Gasteiger partial charge < -0.3 is 4.90 Å². The van der Waals surface area contributed by atoms with Crippen LogP contribution in [0.1, 0.15) is 19.2 Å². The number of aromatic nitrogens is 2. The van der Waals surface area contributed by atoms with Crippen LogP contribution < -0.4 is 0 Å². The summed E-state index contributed by atoms with van der Waals surface area (Å²) in [5, 5.41) is 1.52. The van der Waals surface area contributed by atoms with Crippen molar-refractivity contribution in [2.24, 2.45) is 0 Å². The van der Waals surface area contributed by atoms with Gasteiger partial charge in [0.15, 0.2) is 0 Å². The van der Waals surface area contributed by atoms with Crippen molar-refractivity contribution in [3.8, 4) is 0 Å². The fraction of sp³-hybridized carbons (Fsp3) is 0.636. The second-order valence-corrected chi connectivity index (χ2v) is 5.35. The molecule has 16 heavy (non-hydrogen) atoms. The van der Waals surface area contributed by atoms with Crippen molar-refractivity contribution in [1.82, 2.24) is 14.9 Å². The molecule has 0 atom stereocenters. The lowest BCUT2D eigenvalue weighted by molar-refractivity contribution is 0.437. The predicted octanol–water partition coefficient (Wildman–Crippen LogP) is 2.74. The van der Waals surface area contributed by atoms with Gasteiger partial charge in [0.2, 0.25) is 0 Å². The molecule has 1 heterocycles. The van der Waals surface area contributed by atoms with Crippen LogP contribution >= 0.6 is 23.4 Å². The number of thioether (sulfide) groups is 1. The first-order valence-electron chi connectivity index (χ1n) is 5.42. The van der Waals surface area contributed by atoms with Crippen LogP contribution in [0, 0.1) is 0 Å². The summed E-state index contributed by atoms with van der Waals surface area (Å²) in [5.74, 6) is 1.87. The lowest BCUT2D eigenvalue weighted by Crippen LogP contribution is -2.14. The molecule has 1 aromatic rings. The molecule has 0 amide bonds. The Morgan fingerprint density at radius 3 is 2.75 bits per heavy atom. The average molecular weight is 260 g/mol. The molecule has 0 saturated heterocycles. The van der Waals surface area contributed by atoms with Crippen LogP contribution in [-0.4, -0.2) is 41.3 Å². The fourth-order valence-corrected chi connectivity index (χ4v) is 2.48. The molecule has 1 aromatic heterocycles. The van der Waals surface area contributed by atoms with Crippen LogP contribution in [0.25, 0.3) is 0 Å². The number of halogens is 1. The van der Waals surface area contributed by atoms with E-state index in [1.165, 1.54) is 0 Å². The van der Waals surface area contributed by atoms with Crippen molar-refractivity contribution in [2.45, 2.75) is 24.8 Å². The van der Waals surface area contributed by atoms with E-state index in [2.05, 4.69) is 35.9 Å². The maximum atomic E-state index is 5.95. The van der Waals surface area contributed by atoms with E-state index in [-0.39, 0.29) is 0 Å². The molecule has 1 rings (SSSR count). The van der Waals surface area contributed by atoms with Gasteiger partial charge >= 0.3 is 0 Å². The van der Waals surface area contributed by atoms with Crippen molar-refractivity contribution in [3.05, 3.63) is 17.0 Å². The number of nitrogens with zero attached hydrogens (tertiary/aromatic N) is 3. The van der Waals surface area contributed by atoms with Gasteiger partial charge in [-0.2, -0.15) is 0 Å². The van der Waals surface area contributed by atoms with Crippen molar-refractivity contribution in [3.63, 3.8) is 0 Å². The smallest absolute Gasteiger partial charge is 0.133 e. The summed E-state index contributed by atoms with van der Waals surface area (Å²) in [6.07, 6.45) is 1.93. The molecule has 0 aliphatic carbocycles. The first-order valence-corrected chi connectivity index (χ1v) is 6.79. The fourth-order valence-electron chi connectivity index (χ4n) is 1.18. The van der Waals surface area contributed by atoms with Crippen LogP contribution in [-0.2, 0) is 6.42 Å². The lowest BCUT2D eigenvalue weighted by Gasteiger charge is -2.08. The standard InChI is InChI=1S/C11H18ClN3S/c1-4-5-10-13-9(12)8-11(14-10)16-7-6-15(2)3/h8H,4-7H2,1-3H3. The molecule has 0 unspecified atom stereocenters. The van der Waals surface area contributed by atoms with Crippen LogP contribution in [0.5, 0.6) is 0 Å². The summed E-state index contributed by atoms with van der Waals surface area (Å²) in [6.45, 7) is 3.15. The molecule has 5 heteroatoms. The zero-order chi connectivity index (χ0) is 12.0. The molecule has 0 aliphatic heterocycles. The van der Waals surface area contributed by atoms with Gasteiger partial charge in [-0.15, -0.1) is 11.8 Å². The third kappa shape index (κ3) is 5.14. The average Bonchev–Trinajstić information content (AvgIpc) is 2.16. The molecule has 0 aliphatic rings. The molecule has 0 aromatic carbocycles. The number of aryl methyl sites for hydroxylation is 1. The normalized spacial score (nSPS) is 11.1. The molecule has 0 radical (unpaired) electrons. The summed E-state index contributed by atoms with van der Waals surface area (Å²) in [5.41, 5.74) is 0. The Hall–Kier alpha value is -0.320. The number of rotatable bonds is 6. The monoisotopic (exact) mass is 259 g/mol. The van der Waals surface area contributed by atoms with Gasteiger partial charge in [0.25, 0.3) is 0 Å². The van der Waals surface area contributed by atoms with Crippen molar-refractivity contribution < 1.29 is 0 Å². The molecular weight excluding hydrogens is 242 g/mol. The maximum absolute atomic E-state index is 5.95. The minimum Gasteiger partial charge on any atom is -0.309 e. The Kier molecular flexibility index (Phi) is 6.09. The highest BCUT2D eigenvalue weighted by Crippen LogP contribution is 2.19. The Bertz CT molecular complexity index is 331. The van der Waals surface area contributed by atoms with Gasteiger partial charge in [-0.25, -0.2) is 9.97 Å². The third-order valence-electron chi connectivity index (χ3n) is 1.98. The highest BCUT2D eigenvalue weighted by molar-refractivity contribution is 7.99. The number of hydrogen-bond donors (Lipinski definition) is 0. The third-order valence-corrected chi connectivity index (χ3v) is 3.06. The Morgan fingerprint density at radius 2 is 2.12 bits per heavy atom. The second-order valence-electron chi connectivity index (χ2n) is 3.85. The minimum absolute atomic E-state index is 0.547. The molecule has 0 bridgehead atoms. The minimum atomic E-state index is 0.547. The highest BCUT2D eigenvalue weighted by Gasteiger charge is 2.03.